The van der Waals surface area contributed by atoms with E-state index in [1.54, 1.807) is 0 Å². The van der Waals surface area contributed by atoms with Crippen LogP contribution in [0.3, 0.4) is 0 Å². The zero-order chi connectivity index (χ0) is 10.6. The molecule has 1 N–H and O–H groups in total. The van der Waals surface area contributed by atoms with Gasteiger partial charge in [0.1, 0.15) is 6.10 Å². The molecule has 14 heavy (non-hydrogen) atoms. The summed E-state index contributed by atoms with van der Waals surface area (Å²) in [5, 5.41) is 9.21. The number of rotatable bonds is 3. The Hall–Kier alpha value is -1.26. The Morgan fingerprint density at radius 3 is 2.64 bits per heavy atom. The van der Waals surface area contributed by atoms with E-state index in [-0.39, 0.29) is 0 Å². The Labute approximate surface area is 85.8 Å². The Bertz CT molecular complexity index is 347. The molecule has 1 unspecified atom stereocenters. The number of hydrogen-bond donors (Lipinski definition) is 1. The van der Waals surface area contributed by atoms with Crippen molar-refractivity contribution < 1.29 is 5.11 Å². The summed E-state index contributed by atoms with van der Waals surface area (Å²) >= 11 is 0. The molecule has 1 nitrogen and oxygen atoms in total. The molecule has 0 radical (unpaired) electrons. The Balaban J connectivity index is 2.61. The van der Waals surface area contributed by atoms with Crippen LogP contribution in [-0.4, -0.2) is 11.2 Å². The molecule has 0 heterocycles. The van der Waals surface area contributed by atoms with E-state index in [0.29, 0.717) is 6.42 Å². The highest BCUT2D eigenvalue weighted by molar-refractivity contribution is 5.30. The lowest BCUT2D eigenvalue weighted by Crippen LogP contribution is -2.04. The second kappa shape index (κ2) is 4.83. The fourth-order valence-electron chi connectivity index (χ4n) is 1.35. The van der Waals surface area contributed by atoms with Crippen LogP contribution < -0.4 is 0 Å². The minimum Gasteiger partial charge on any atom is -0.380 e. The van der Waals surface area contributed by atoms with E-state index in [1.165, 1.54) is 16.7 Å². The van der Waals surface area contributed by atoms with E-state index in [0.717, 1.165) is 6.42 Å². The molecule has 0 saturated heterocycles. The summed E-state index contributed by atoms with van der Waals surface area (Å²) in [6.45, 7) is 4.19. The van der Waals surface area contributed by atoms with Gasteiger partial charge in [0.15, 0.2) is 0 Å². The molecule has 1 rings (SSSR count). The second-order valence-electron chi connectivity index (χ2n) is 3.64. The molecule has 0 amide bonds. The smallest absolute Gasteiger partial charge is 0.114 e. The van der Waals surface area contributed by atoms with E-state index in [4.69, 9.17) is 6.42 Å². The summed E-state index contributed by atoms with van der Waals surface area (Å²) in [6, 6.07) is 6.34. The minimum atomic E-state index is -0.614. The maximum atomic E-state index is 9.21. The van der Waals surface area contributed by atoms with Crippen LogP contribution in [0.4, 0.5) is 0 Å². The molecule has 0 fully saturated rings. The van der Waals surface area contributed by atoms with Gasteiger partial charge in [-0.3, -0.25) is 0 Å². The number of aliphatic hydroxyl groups excluding tert-OH is 1. The lowest BCUT2D eigenvalue weighted by atomic mass is 10.0. The highest BCUT2D eigenvalue weighted by Crippen LogP contribution is 2.12. The number of benzene rings is 1. The molecule has 1 aromatic carbocycles. The first kappa shape index (κ1) is 10.8. The van der Waals surface area contributed by atoms with Crippen molar-refractivity contribution in [3.05, 3.63) is 34.9 Å². The highest BCUT2D eigenvalue weighted by atomic mass is 16.3. The Morgan fingerprint density at radius 2 is 2.07 bits per heavy atom. The number of terminal acetylenes is 1. The summed E-state index contributed by atoms with van der Waals surface area (Å²) in [6.07, 6.45) is 5.95. The van der Waals surface area contributed by atoms with Gasteiger partial charge in [0.25, 0.3) is 0 Å². The van der Waals surface area contributed by atoms with Crippen LogP contribution in [0, 0.1) is 26.2 Å². The third-order valence-electron chi connectivity index (χ3n) is 2.47. The van der Waals surface area contributed by atoms with Crippen molar-refractivity contribution >= 4 is 0 Å². The number of aryl methyl sites for hydroxylation is 3. The lowest BCUT2D eigenvalue weighted by Gasteiger charge is -2.06. The predicted octanol–water partition coefficient (Wildman–Crippen LogP) is 2.23. The fraction of sp³-hybridized carbons (Fsp3) is 0.385. The van der Waals surface area contributed by atoms with Crippen LogP contribution in [-0.2, 0) is 6.42 Å². The maximum Gasteiger partial charge on any atom is 0.114 e. The minimum absolute atomic E-state index is 0.614. The molecule has 1 aromatic rings. The SMILES string of the molecule is C#CC(O)CCc1ccc(C)c(C)c1. The largest absolute Gasteiger partial charge is 0.380 e. The third kappa shape index (κ3) is 2.90. The first-order chi connectivity index (χ1) is 6.63. The quantitative estimate of drug-likeness (QED) is 0.721. The maximum absolute atomic E-state index is 9.21. The normalized spacial score (nSPS) is 12.1. The van der Waals surface area contributed by atoms with Crippen molar-refractivity contribution in [2.24, 2.45) is 0 Å². The standard InChI is InChI=1S/C13H16O/c1-4-13(14)8-7-12-6-5-10(2)11(3)9-12/h1,5-6,9,13-14H,7-8H2,2-3H3. The van der Waals surface area contributed by atoms with Crippen molar-refractivity contribution in [3.63, 3.8) is 0 Å². The Kier molecular flexibility index (Phi) is 3.73. The van der Waals surface area contributed by atoms with Crippen LogP contribution in [0.1, 0.15) is 23.1 Å². The van der Waals surface area contributed by atoms with Crippen molar-refractivity contribution in [1.29, 1.82) is 0 Å². The van der Waals surface area contributed by atoms with Crippen LogP contribution >= 0.6 is 0 Å². The number of aliphatic hydroxyl groups is 1. The van der Waals surface area contributed by atoms with Gasteiger partial charge in [0, 0.05) is 0 Å². The highest BCUT2D eigenvalue weighted by Gasteiger charge is 2.01. The van der Waals surface area contributed by atoms with Gasteiger partial charge >= 0.3 is 0 Å². The van der Waals surface area contributed by atoms with Gasteiger partial charge in [-0.1, -0.05) is 24.1 Å². The van der Waals surface area contributed by atoms with Crippen molar-refractivity contribution in [2.75, 3.05) is 0 Å². The molecule has 0 aromatic heterocycles. The molecule has 0 spiro atoms. The monoisotopic (exact) mass is 188 g/mol. The lowest BCUT2D eigenvalue weighted by molar-refractivity contribution is 0.222. The molecule has 1 heteroatoms. The van der Waals surface area contributed by atoms with Gasteiger partial charge in [-0.25, -0.2) is 0 Å². The van der Waals surface area contributed by atoms with Crippen LogP contribution in [0.5, 0.6) is 0 Å². The van der Waals surface area contributed by atoms with Crippen LogP contribution in [0.15, 0.2) is 18.2 Å². The van der Waals surface area contributed by atoms with Gasteiger partial charge in [-0.2, -0.15) is 0 Å². The molecule has 0 saturated carbocycles. The predicted molar refractivity (Wildman–Crippen MR) is 59.1 cm³/mol. The van der Waals surface area contributed by atoms with Crippen molar-refractivity contribution in [2.45, 2.75) is 32.8 Å². The molecular formula is C13H16O. The number of hydrogen-bond acceptors (Lipinski definition) is 1. The fourth-order valence-corrected chi connectivity index (χ4v) is 1.35. The van der Waals surface area contributed by atoms with E-state index in [1.807, 2.05) is 0 Å². The van der Waals surface area contributed by atoms with Crippen molar-refractivity contribution in [1.82, 2.24) is 0 Å². The van der Waals surface area contributed by atoms with Crippen LogP contribution in [0.2, 0.25) is 0 Å². The second-order valence-corrected chi connectivity index (χ2v) is 3.64. The van der Waals surface area contributed by atoms with Crippen molar-refractivity contribution in [3.8, 4) is 12.3 Å². The van der Waals surface area contributed by atoms with Gasteiger partial charge in [-0.05, 0) is 43.4 Å². The summed E-state index contributed by atoms with van der Waals surface area (Å²) in [5.41, 5.74) is 3.83. The first-order valence-electron chi connectivity index (χ1n) is 4.84. The first-order valence-corrected chi connectivity index (χ1v) is 4.84. The molecule has 0 bridgehead atoms. The molecule has 74 valence electrons. The van der Waals surface area contributed by atoms with E-state index in [2.05, 4.69) is 38.0 Å². The Morgan fingerprint density at radius 1 is 1.36 bits per heavy atom. The van der Waals surface area contributed by atoms with Crippen LogP contribution in [0.25, 0.3) is 0 Å². The van der Waals surface area contributed by atoms with E-state index < -0.39 is 6.10 Å². The topological polar surface area (TPSA) is 20.2 Å². The van der Waals surface area contributed by atoms with E-state index >= 15 is 0 Å². The average Bonchev–Trinajstić information content (AvgIpc) is 2.19. The summed E-state index contributed by atoms with van der Waals surface area (Å²) < 4.78 is 0. The zero-order valence-corrected chi connectivity index (χ0v) is 8.75. The van der Waals surface area contributed by atoms with Gasteiger partial charge < -0.3 is 5.11 Å². The molecule has 1 atom stereocenters. The summed E-state index contributed by atoms with van der Waals surface area (Å²) in [5.74, 6) is 2.32. The van der Waals surface area contributed by atoms with Gasteiger partial charge in [-0.15, -0.1) is 6.42 Å². The van der Waals surface area contributed by atoms with E-state index in [9.17, 15) is 5.11 Å². The molecule has 0 aliphatic heterocycles. The molecule has 0 aliphatic rings. The summed E-state index contributed by atoms with van der Waals surface area (Å²) in [7, 11) is 0. The molecule has 0 aliphatic carbocycles. The van der Waals surface area contributed by atoms with Gasteiger partial charge in [0.05, 0.1) is 0 Å². The summed E-state index contributed by atoms with van der Waals surface area (Å²) in [4.78, 5) is 0. The molecular weight excluding hydrogens is 172 g/mol. The average molecular weight is 188 g/mol. The third-order valence-corrected chi connectivity index (χ3v) is 2.47. The zero-order valence-electron chi connectivity index (χ0n) is 8.75. The van der Waals surface area contributed by atoms with Gasteiger partial charge in [0.2, 0.25) is 0 Å².